The van der Waals surface area contributed by atoms with Crippen molar-refractivity contribution in [2.75, 3.05) is 19.0 Å². The van der Waals surface area contributed by atoms with Crippen molar-refractivity contribution in [3.05, 3.63) is 10.6 Å². The molecule has 0 fully saturated rings. The van der Waals surface area contributed by atoms with Crippen LogP contribution in [-0.2, 0) is 0 Å². The minimum absolute atomic E-state index is 0.0239. The van der Waals surface area contributed by atoms with Gasteiger partial charge in [-0.2, -0.15) is 0 Å². The predicted octanol–water partition coefficient (Wildman–Crippen LogP) is 0.733. The minimum Gasteiger partial charge on any atom is -0.375 e. The summed E-state index contributed by atoms with van der Waals surface area (Å²) >= 11 is 1.11. The van der Waals surface area contributed by atoms with Gasteiger partial charge in [0.05, 0.1) is 5.69 Å². The highest BCUT2D eigenvalue weighted by molar-refractivity contribution is 7.17. The van der Waals surface area contributed by atoms with Gasteiger partial charge in [-0.15, -0.1) is 0 Å². The topological polar surface area (TPSA) is 68.0 Å². The van der Waals surface area contributed by atoms with Crippen molar-refractivity contribution in [3.8, 4) is 0 Å². The molecule has 1 heterocycles. The van der Waals surface area contributed by atoms with E-state index in [1.165, 1.54) is 0 Å². The summed E-state index contributed by atoms with van der Waals surface area (Å²) in [7, 11) is 0. The molecule has 1 rings (SSSR count). The number of anilines is 1. The highest BCUT2D eigenvalue weighted by Crippen LogP contribution is 2.18. The Labute approximate surface area is 79.0 Å². The van der Waals surface area contributed by atoms with Gasteiger partial charge in [-0.25, -0.2) is 9.37 Å². The van der Waals surface area contributed by atoms with Gasteiger partial charge in [0, 0.05) is 6.54 Å². The molecule has 4 nitrogen and oxygen atoms in total. The maximum Gasteiger partial charge on any atom is 0.263 e. The monoisotopic (exact) mass is 203 g/mol. The highest BCUT2D eigenvalue weighted by Gasteiger charge is 2.12. The molecule has 0 aliphatic rings. The van der Waals surface area contributed by atoms with Crippen LogP contribution in [0.3, 0.4) is 0 Å². The molecule has 0 aromatic carbocycles. The molecule has 1 aromatic heterocycles. The third-order valence-electron chi connectivity index (χ3n) is 1.40. The van der Waals surface area contributed by atoms with Crippen LogP contribution in [0.1, 0.15) is 15.4 Å². The lowest BCUT2D eigenvalue weighted by molar-refractivity contribution is 0.0954. The molecule has 0 saturated carbocycles. The zero-order chi connectivity index (χ0) is 9.84. The van der Waals surface area contributed by atoms with Crippen molar-refractivity contribution in [3.63, 3.8) is 0 Å². The van der Waals surface area contributed by atoms with E-state index in [1.807, 2.05) is 0 Å². The van der Waals surface area contributed by atoms with Crippen molar-refractivity contribution in [1.29, 1.82) is 0 Å². The number of alkyl halides is 1. The molecule has 0 unspecified atom stereocenters. The van der Waals surface area contributed by atoms with Gasteiger partial charge >= 0.3 is 0 Å². The Morgan fingerprint density at radius 1 is 1.77 bits per heavy atom. The van der Waals surface area contributed by atoms with Crippen LogP contribution < -0.4 is 11.1 Å². The first-order chi connectivity index (χ1) is 6.15. The summed E-state index contributed by atoms with van der Waals surface area (Å²) in [5.74, 6) is -0.315. The number of halogens is 1. The molecule has 0 saturated heterocycles. The molecule has 13 heavy (non-hydrogen) atoms. The molecule has 1 aromatic rings. The summed E-state index contributed by atoms with van der Waals surface area (Å²) in [5, 5.41) is 2.75. The van der Waals surface area contributed by atoms with Gasteiger partial charge < -0.3 is 11.1 Å². The third-order valence-corrected chi connectivity index (χ3v) is 2.38. The number of hydrogen-bond donors (Lipinski definition) is 2. The number of thiazole rings is 1. The van der Waals surface area contributed by atoms with Gasteiger partial charge in [0.1, 0.15) is 11.6 Å². The summed E-state index contributed by atoms with van der Waals surface area (Å²) in [6.45, 7) is 1.15. The summed E-state index contributed by atoms with van der Waals surface area (Å²) < 4.78 is 11.7. The summed E-state index contributed by atoms with van der Waals surface area (Å²) in [6, 6.07) is 0. The molecule has 0 bridgehead atoms. The Balaban J connectivity index is 2.70. The maximum atomic E-state index is 11.7. The number of amides is 1. The van der Waals surface area contributed by atoms with Crippen molar-refractivity contribution < 1.29 is 9.18 Å². The normalized spacial score (nSPS) is 10.0. The van der Waals surface area contributed by atoms with E-state index >= 15 is 0 Å². The Kier molecular flexibility index (Phi) is 3.18. The van der Waals surface area contributed by atoms with Crippen molar-refractivity contribution in [2.45, 2.75) is 6.92 Å². The fraction of sp³-hybridized carbons (Fsp3) is 0.429. The van der Waals surface area contributed by atoms with Crippen LogP contribution in [0, 0.1) is 6.92 Å². The molecule has 3 N–H and O–H groups in total. The minimum atomic E-state index is -0.570. The van der Waals surface area contributed by atoms with Crippen molar-refractivity contribution >= 4 is 22.4 Å². The quantitative estimate of drug-likeness (QED) is 0.761. The van der Waals surface area contributed by atoms with E-state index in [1.54, 1.807) is 6.92 Å². The smallest absolute Gasteiger partial charge is 0.263 e. The first-order valence-electron chi connectivity index (χ1n) is 3.72. The molecular weight excluding hydrogens is 193 g/mol. The second-order valence-corrected chi connectivity index (χ2v) is 3.44. The zero-order valence-corrected chi connectivity index (χ0v) is 7.95. The fourth-order valence-electron chi connectivity index (χ4n) is 0.869. The van der Waals surface area contributed by atoms with E-state index in [0.29, 0.717) is 15.7 Å². The van der Waals surface area contributed by atoms with Gasteiger partial charge in [0.2, 0.25) is 0 Å². The highest BCUT2D eigenvalue weighted by atomic mass is 32.1. The first-order valence-corrected chi connectivity index (χ1v) is 4.54. The summed E-state index contributed by atoms with van der Waals surface area (Å²) in [5.41, 5.74) is 5.98. The lowest BCUT2D eigenvalue weighted by Crippen LogP contribution is -2.25. The SMILES string of the molecule is Cc1nc(N)sc1C(=O)NCCF. The molecule has 72 valence electrons. The average molecular weight is 203 g/mol. The van der Waals surface area contributed by atoms with Crippen LogP contribution in [-0.4, -0.2) is 24.1 Å². The summed E-state index contributed by atoms with van der Waals surface area (Å²) in [6.07, 6.45) is 0. The Morgan fingerprint density at radius 2 is 2.46 bits per heavy atom. The zero-order valence-electron chi connectivity index (χ0n) is 7.13. The van der Waals surface area contributed by atoms with E-state index in [9.17, 15) is 9.18 Å². The standard InChI is InChI=1S/C7H10FN3OS/c1-4-5(13-7(9)11-4)6(12)10-3-2-8/h2-3H2,1H3,(H2,9,11)(H,10,12). The number of aryl methyl sites for hydroxylation is 1. The van der Waals surface area contributed by atoms with E-state index in [0.717, 1.165) is 11.3 Å². The molecule has 0 aliphatic carbocycles. The number of nitrogens with zero attached hydrogens (tertiary/aromatic N) is 1. The number of nitrogen functional groups attached to an aromatic ring is 1. The van der Waals surface area contributed by atoms with Gasteiger partial charge in [-0.3, -0.25) is 4.79 Å². The second-order valence-electron chi connectivity index (χ2n) is 2.41. The molecule has 1 amide bonds. The van der Waals surface area contributed by atoms with Gasteiger partial charge in [-0.05, 0) is 6.92 Å². The van der Waals surface area contributed by atoms with Crippen molar-refractivity contribution in [1.82, 2.24) is 10.3 Å². The maximum absolute atomic E-state index is 11.7. The third kappa shape index (κ3) is 2.38. The van der Waals surface area contributed by atoms with E-state index in [2.05, 4.69) is 10.3 Å². The Morgan fingerprint density at radius 3 is 2.92 bits per heavy atom. The predicted molar refractivity (Wildman–Crippen MR) is 49.6 cm³/mol. The van der Waals surface area contributed by atoms with E-state index in [4.69, 9.17) is 5.73 Å². The van der Waals surface area contributed by atoms with Crippen LogP contribution in [0.15, 0.2) is 0 Å². The van der Waals surface area contributed by atoms with Gasteiger partial charge in [0.25, 0.3) is 5.91 Å². The molecule has 0 atom stereocenters. The number of carbonyl (C=O) groups is 1. The number of hydrogen-bond acceptors (Lipinski definition) is 4. The molecule has 0 spiro atoms. The Hall–Kier alpha value is -1.17. The summed E-state index contributed by atoms with van der Waals surface area (Å²) in [4.78, 5) is 15.6. The van der Waals surface area contributed by atoms with Crippen LogP contribution in [0.4, 0.5) is 9.52 Å². The van der Waals surface area contributed by atoms with Crippen molar-refractivity contribution in [2.24, 2.45) is 0 Å². The number of nitrogens with one attached hydrogen (secondary N) is 1. The van der Waals surface area contributed by atoms with Crippen LogP contribution in [0.25, 0.3) is 0 Å². The second kappa shape index (κ2) is 4.18. The fourth-order valence-corrected chi connectivity index (χ4v) is 1.62. The lowest BCUT2D eigenvalue weighted by Gasteiger charge is -1.98. The van der Waals surface area contributed by atoms with Gasteiger partial charge in [-0.1, -0.05) is 11.3 Å². The molecular formula is C7H10FN3OS. The van der Waals surface area contributed by atoms with Crippen LogP contribution in [0.2, 0.25) is 0 Å². The molecule has 6 heteroatoms. The lowest BCUT2D eigenvalue weighted by atomic mass is 10.4. The number of nitrogens with two attached hydrogens (primary N) is 1. The van der Waals surface area contributed by atoms with E-state index < -0.39 is 6.67 Å². The molecule has 0 radical (unpaired) electrons. The molecule has 0 aliphatic heterocycles. The van der Waals surface area contributed by atoms with Gasteiger partial charge in [0.15, 0.2) is 5.13 Å². The number of rotatable bonds is 3. The van der Waals surface area contributed by atoms with E-state index in [-0.39, 0.29) is 12.5 Å². The van der Waals surface area contributed by atoms with Crippen LogP contribution >= 0.6 is 11.3 Å². The number of carbonyl (C=O) groups excluding carboxylic acids is 1. The van der Waals surface area contributed by atoms with Crippen LogP contribution in [0.5, 0.6) is 0 Å². The Bertz CT molecular complexity index is 313. The first kappa shape index (κ1) is 9.91. The number of aromatic nitrogens is 1. The average Bonchev–Trinajstić information content (AvgIpc) is 2.41. The largest absolute Gasteiger partial charge is 0.375 e.